The average molecular weight is 226 g/mol. The summed E-state index contributed by atoms with van der Waals surface area (Å²) in [5.41, 5.74) is 0. The third-order valence-corrected chi connectivity index (χ3v) is 3.57. The third kappa shape index (κ3) is 3.19. The van der Waals surface area contributed by atoms with Gasteiger partial charge in [0.25, 0.3) is 0 Å². The van der Waals surface area contributed by atoms with E-state index in [0.717, 1.165) is 18.9 Å². The fourth-order valence-corrected chi connectivity index (χ4v) is 2.24. The fourth-order valence-electron chi connectivity index (χ4n) is 2.24. The van der Waals surface area contributed by atoms with E-state index in [9.17, 15) is 4.79 Å². The van der Waals surface area contributed by atoms with Crippen LogP contribution in [0, 0.1) is 11.8 Å². The van der Waals surface area contributed by atoms with Gasteiger partial charge in [-0.05, 0) is 25.8 Å². The number of hydrogen-bond donors (Lipinski definition) is 2. The topological polar surface area (TPSA) is 50.4 Å². The molecule has 2 rings (SSSR count). The second-order valence-corrected chi connectivity index (χ2v) is 4.92. The Kier molecular flexibility index (Phi) is 4.18. The molecular formula is C12H22N2O2. The molecule has 2 fully saturated rings. The first-order valence-electron chi connectivity index (χ1n) is 6.34. The van der Waals surface area contributed by atoms with Gasteiger partial charge in [-0.2, -0.15) is 0 Å². The number of amides is 1. The van der Waals surface area contributed by atoms with Crippen molar-refractivity contribution in [2.24, 2.45) is 11.8 Å². The van der Waals surface area contributed by atoms with Crippen molar-refractivity contribution in [3.05, 3.63) is 0 Å². The van der Waals surface area contributed by atoms with E-state index < -0.39 is 0 Å². The smallest absolute Gasteiger partial charge is 0.227 e. The van der Waals surface area contributed by atoms with Crippen molar-refractivity contribution in [1.29, 1.82) is 0 Å². The number of hydrogen-bond acceptors (Lipinski definition) is 3. The summed E-state index contributed by atoms with van der Waals surface area (Å²) >= 11 is 0. The van der Waals surface area contributed by atoms with Gasteiger partial charge in [0.1, 0.15) is 0 Å². The van der Waals surface area contributed by atoms with Gasteiger partial charge in [-0.3, -0.25) is 4.79 Å². The van der Waals surface area contributed by atoms with E-state index in [1.165, 1.54) is 19.3 Å². The van der Waals surface area contributed by atoms with Gasteiger partial charge in [0, 0.05) is 12.6 Å². The fraction of sp³-hybridized carbons (Fsp3) is 0.917. The second kappa shape index (κ2) is 5.64. The molecule has 2 aliphatic rings. The van der Waals surface area contributed by atoms with Crippen molar-refractivity contribution in [1.82, 2.24) is 10.6 Å². The van der Waals surface area contributed by atoms with Crippen molar-refractivity contribution in [2.75, 3.05) is 26.8 Å². The molecule has 1 amide bonds. The van der Waals surface area contributed by atoms with Crippen LogP contribution < -0.4 is 10.6 Å². The maximum Gasteiger partial charge on any atom is 0.227 e. The molecule has 4 heteroatoms. The van der Waals surface area contributed by atoms with E-state index in [1.54, 1.807) is 0 Å². The molecule has 0 aromatic carbocycles. The van der Waals surface area contributed by atoms with Gasteiger partial charge in [-0.15, -0.1) is 0 Å². The van der Waals surface area contributed by atoms with Crippen LogP contribution in [0.5, 0.6) is 0 Å². The number of likely N-dealkylation sites (N-methyl/N-ethyl adjacent to an activating group) is 1. The van der Waals surface area contributed by atoms with Crippen LogP contribution in [0.4, 0.5) is 0 Å². The van der Waals surface area contributed by atoms with Crippen LogP contribution in [-0.4, -0.2) is 38.8 Å². The SMILES string of the molecule is CNC1COCC1C(=O)NCCCC1CC1. The molecule has 4 nitrogen and oxygen atoms in total. The molecule has 0 aromatic rings. The third-order valence-electron chi connectivity index (χ3n) is 3.57. The Morgan fingerprint density at radius 1 is 1.38 bits per heavy atom. The lowest BCUT2D eigenvalue weighted by Gasteiger charge is -2.16. The number of nitrogens with one attached hydrogen (secondary N) is 2. The first kappa shape index (κ1) is 11.9. The van der Waals surface area contributed by atoms with E-state index >= 15 is 0 Å². The summed E-state index contributed by atoms with van der Waals surface area (Å²) < 4.78 is 5.31. The minimum Gasteiger partial charge on any atom is -0.379 e. The Hall–Kier alpha value is -0.610. The molecule has 16 heavy (non-hydrogen) atoms. The Labute approximate surface area is 97.1 Å². The standard InChI is InChI=1S/C12H22N2O2/c1-13-11-8-16-7-10(11)12(15)14-6-2-3-9-4-5-9/h9-11,13H,2-8H2,1H3,(H,14,15). The Morgan fingerprint density at radius 2 is 2.19 bits per heavy atom. The van der Waals surface area contributed by atoms with Gasteiger partial charge in [0.15, 0.2) is 0 Å². The summed E-state index contributed by atoms with van der Waals surface area (Å²) in [5, 5.41) is 6.14. The average Bonchev–Trinajstić information content (AvgIpc) is 2.99. The predicted molar refractivity (Wildman–Crippen MR) is 62.1 cm³/mol. The van der Waals surface area contributed by atoms with Gasteiger partial charge in [-0.25, -0.2) is 0 Å². The van der Waals surface area contributed by atoms with Crippen LogP contribution in [0.2, 0.25) is 0 Å². The molecule has 0 spiro atoms. The maximum atomic E-state index is 11.8. The van der Waals surface area contributed by atoms with E-state index in [-0.39, 0.29) is 17.9 Å². The van der Waals surface area contributed by atoms with Crippen molar-refractivity contribution in [3.63, 3.8) is 0 Å². The van der Waals surface area contributed by atoms with Gasteiger partial charge >= 0.3 is 0 Å². The van der Waals surface area contributed by atoms with Crippen LogP contribution in [-0.2, 0) is 9.53 Å². The molecule has 0 radical (unpaired) electrons. The lowest BCUT2D eigenvalue weighted by molar-refractivity contribution is -0.125. The number of ether oxygens (including phenoxy) is 1. The van der Waals surface area contributed by atoms with Crippen LogP contribution in [0.15, 0.2) is 0 Å². The predicted octanol–water partition coefficient (Wildman–Crippen LogP) is 0.527. The molecule has 0 bridgehead atoms. The van der Waals surface area contributed by atoms with Crippen molar-refractivity contribution < 1.29 is 9.53 Å². The molecule has 2 atom stereocenters. The minimum absolute atomic E-state index is 0.00840. The van der Waals surface area contributed by atoms with Crippen LogP contribution in [0.3, 0.4) is 0 Å². The highest BCUT2D eigenvalue weighted by Crippen LogP contribution is 2.33. The molecule has 2 unspecified atom stereocenters. The maximum absolute atomic E-state index is 11.8. The van der Waals surface area contributed by atoms with Gasteiger partial charge < -0.3 is 15.4 Å². The molecule has 1 heterocycles. The normalized spacial score (nSPS) is 29.3. The molecule has 0 aromatic heterocycles. The van der Waals surface area contributed by atoms with E-state index in [2.05, 4.69) is 10.6 Å². The number of carbonyl (C=O) groups excluding carboxylic acids is 1. The summed E-state index contributed by atoms with van der Waals surface area (Å²) in [6.07, 6.45) is 5.18. The molecule has 2 N–H and O–H groups in total. The van der Waals surface area contributed by atoms with Crippen molar-refractivity contribution in [3.8, 4) is 0 Å². The van der Waals surface area contributed by atoms with E-state index in [4.69, 9.17) is 4.74 Å². The first-order chi connectivity index (χ1) is 7.81. The quantitative estimate of drug-likeness (QED) is 0.649. The summed E-state index contributed by atoms with van der Waals surface area (Å²) in [7, 11) is 1.88. The number of carbonyl (C=O) groups is 1. The highest BCUT2D eigenvalue weighted by molar-refractivity contribution is 5.79. The monoisotopic (exact) mass is 226 g/mol. The van der Waals surface area contributed by atoms with E-state index in [1.807, 2.05) is 7.05 Å². The first-order valence-corrected chi connectivity index (χ1v) is 6.34. The molecule has 1 saturated carbocycles. The molecule has 1 aliphatic heterocycles. The van der Waals surface area contributed by atoms with Crippen LogP contribution >= 0.6 is 0 Å². The second-order valence-electron chi connectivity index (χ2n) is 4.92. The summed E-state index contributed by atoms with van der Waals surface area (Å²) in [6.45, 7) is 2.03. The summed E-state index contributed by atoms with van der Waals surface area (Å²) in [4.78, 5) is 11.8. The summed E-state index contributed by atoms with van der Waals surface area (Å²) in [6, 6.07) is 0.184. The lowest BCUT2D eigenvalue weighted by Crippen LogP contribution is -2.42. The molecule has 1 saturated heterocycles. The van der Waals surface area contributed by atoms with Gasteiger partial charge in [-0.1, -0.05) is 12.8 Å². The summed E-state index contributed by atoms with van der Waals surface area (Å²) in [5.74, 6) is 1.09. The van der Waals surface area contributed by atoms with Gasteiger partial charge in [0.05, 0.1) is 19.1 Å². The Morgan fingerprint density at radius 3 is 2.88 bits per heavy atom. The van der Waals surface area contributed by atoms with Crippen molar-refractivity contribution >= 4 is 5.91 Å². The largest absolute Gasteiger partial charge is 0.379 e. The minimum atomic E-state index is -0.00840. The zero-order valence-electron chi connectivity index (χ0n) is 10.00. The van der Waals surface area contributed by atoms with Crippen LogP contribution in [0.25, 0.3) is 0 Å². The molecular weight excluding hydrogens is 204 g/mol. The van der Waals surface area contributed by atoms with E-state index in [0.29, 0.717) is 13.2 Å². The Bertz CT molecular complexity index is 241. The zero-order valence-corrected chi connectivity index (χ0v) is 10.00. The number of rotatable bonds is 6. The lowest BCUT2D eigenvalue weighted by atomic mass is 10.0. The zero-order chi connectivity index (χ0) is 11.4. The highest BCUT2D eigenvalue weighted by Gasteiger charge is 2.32. The molecule has 1 aliphatic carbocycles. The Balaban J connectivity index is 1.61. The van der Waals surface area contributed by atoms with Crippen LogP contribution in [0.1, 0.15) is 25.7 Å². The van der Waals surface area contributed by atoms with Gasteiger partial charge in [0.2, 0.25) is 5.91 Å². The highest BCUT2D eigenvalue weighted by atomic mass is 16.5. The molecule has 92 valence electrons. The van der Waals surface area contributed by atoms with Crippen molar-refractivity contribution in [2.45, 2.75) is 31.7 Å².